The topological polar surface area (TPSA) is 66.9 Å². The standard InChI is InChI=1S/C20H14Cl2N4OS2/c1-11-17(16-10-28-19(25-16)24-15-8-6-14(22)7-9-15)29-20(23-11)26-18(27)12-2-4-13(21)5-3-12/h2-10H,1H3,(H,24,25)(H,23,26,27). The van der Waals surface area contributed by atoms with Crippen molar-refractivity contribution in [1.82, 2.24) is 9.97 Å². The molecule has 0 fully saturated rings. The molecule has 2 aromatic carbocycles. The molecule has 0 aliphatic heterocycles. The highest BCUT2D eigenvalue weighted by molar-refractivity contribution is 7.20. The summed E-state index contributed by atoms with van der Waals surface area (Å²) in [5, 5.41) is 10.6. The van der Waals surface area contributed by atoms with Gasteiger partial charge in [-0.1, -0.05) is 34.5 Å². The van der Waals surface area contributed by atoms with Crippen LogP contribution in [0.1, 0.15) is 16.1 Å². The van der Waals surface area contributed by atoms with Gasteiger partial charge in [-0.05, 0) is 55.5 Å². The van der Waals surface area contributed by atoms with Gasteiger partial charge in [-0.2, -0.15) is 0 Å². The lowest BCUT2D eigenvalue weighted by Gasteiger charge is -2.01. The molecule has 5 nitrogen and oxygen atoms in total. The molecule has 9 heteroatoms. The lowest BCUT2D eigenvalue weighted by molar-refractivity contribution is 0.102. The molecule has 0 saturated carbocycles. The SMILES string of the molecule is Cc1nc(NC(=O)c2ccc(Cl)cc2)sc1-c1csc(Nc2ccc(Cl)cc2)n1. The summed E-state index contributed by atoms with van der Waals surface area (Å²) in [6, 6.07) is 14.1. The molecule has 0 aliphatic carbocycles. The molecule has 0 atom stereocenters. The molecule has 0 unspecified atom stereocenters. The minimum atomic E-state index is -0.231. The number of benzene rings is 2. The Balaban J connectivity index is 1.49. The van der Waals surface area contributed by atoms with E-state index < -0.39 is 0 Å². The first-order valence-corrected chi connectivity index (χ1v) is 11.0. The third kappa shape index (κ3) is 4.76. The molecule has 29 heavy (non-hydrogen) atoms. The number of thiazole rings is 2. The lowest BCUT2D eigenvalue weighted by atomic mass is 10.2. The summed E-state index contributed by atoms with van der Waals surface area (Å²) in [4.78, 5) is 22.4. The molecule has 2 heterocycles. The molecule has 4 aromatic rings. The van der Waals surface area contributed by atoms with Crippen molar-refractivity contribution in [2.24, 2.45) is 0 Å². The number of nitrogens with zero attached hydrogens (tertiary/aromatic N) is 2. The summed E-state index contributed by atoms with van der Waals surface area (Å²) < 4.78 is 0. The lowest BCUT2D eigenvalue weighted by Crippen LogP contribution is -2.11. The number of amides is 1. The predicted molar refractivity (Wildman–Crippen MR) is 122 cm³/mol. The Hall–Kier alpha value is -2.45. The summed E-state index contributed by atoms with van der Waals surface area (Å²) in [7, 11) is 0. The smallest absolute Gasteiger partial charge is 0.257 e. The Bertz CT molecular complexity index is 1150. The first-order valence-electron chi connectivity index (χ1n) is 8.51. The van der Waals surface area contributed by atoms with Gasteiger partial charge in [-0.25, -0.2) is 9.97 Å². The van der Waals surface area contributed by atoms with Gasteiger partial charge in [0, 0.05) is 26.7 Å². The molecule has 0 radical (unpaired) electrons. The number of carbonyl (C=O) groups is 1. The van der Waals surface area contributed by atoms with Gasteiger partial charge in [0.2, 0.25) is 0 Å². The van der Waals surface area contributed by atoms with Crippen LogP contribution in [0.5, 0.6) is 0 Å². The minimum absolute atomic E-state index is 0.231. The van der Waals surface area contributed by atoms with Crippen molar-refractivity contribution in [1.29, 1.82) is 0 Å². The second-order valence-electron chi connectivity index (χ2n) is 6.06. The van der Waals surface area contributed by atoms with E-state index in [9.17, 15) is 4.79 Å². The van der Waals surface area contributed by atoms with Gasteiger partial charge in [0.05, 0.1) is 16.3 Å². The first-order chi connectivity index (χ1) is 14.0. The summed E-state index contributed by atoms with van der Waals surface area (Å²) in [5.41, 5.74) is 3.05. The van der Waals surface area contributed by atoms with Crippen LogP contribution in [0.4, 0.5) is 16.0 Å². The maximum absolute atomic E-state index is 12.4. The van der Waals surface area contributed by atoms with E-state index in [4.69, 9.17) is 23.2 Å². The van der Waals surface area contributed by atoms with Gasteiger partial charge in [0.15, 0.2) is 10.3 Å². The van der Waals surface area contributed by atoms with Crippen molar-refractivity contribution in [3.63, 3.8) is 0 Å². The zero-order valence-electron chi connectivity index (χ0n) is 15.1. The van der Waals surface area contributed by atoms with Crippen molar-refractivity contribution in [2.75, 3.05) is 10.6 Å². The fourth-order valence-corrected chi connectivity index (χ4v) is 4.52. The zero-order chi connectivity index (χ0) is 20.4. The fourth-order valence-electron chi connectivity index (χ4n) is 2.55. The molecule has 2 N–H and O–H groups in total. The third-order valence-electron chi connectivity index (χ3n) is 3.96. The summed E-state index contributed by atoms with van der Waals surface area (Å²) in [5.74, 6) is -0.231. The molecule has 4 rings (SSSR count). The number of rotatable bonds is 5. The molecule has 0 spiro atoms. The van der Waals surface area contributed by atoms with Gasteiger partial charge >= 0.3 is 0 Å². The van der Waals surface area contributed by atoms with Gasteiger partial charge in [0.1, 0.15) is 0 Å². The van der Waals surface area contributed by atoms with Crippen LogP contribution in [-0.4, -0.2) is 15.9 Å². The Kier molecular flexibility index (Phi) is 5.82. The van der Waals surface area contributed by atoms with Gasteiger partial charge in [0.25, 0.3) is 5.91 Å². The van der Waals surface area contributed by atoms with Crippen molar-refractivity contribution in [3.8, 4) is 10.6 Å². The van der Waals surface area contributed by atoms with Gasteiger partial charge in [-0.3, -0.25) is 10.1 Å². The number of hydrogen-bond acceptors (Lipinski definition) is 6. The number of aryl methyl sites for hydroxylation is 1. The van der Waals surface area contributed by atoms with E-state index in [-0.39, 0.29) is 5.91 Å². The molecule has 0 aliphatic rings. The van der Waals surface area contributed by atoms with Crippen LogP contribution in [-0.2, 0) is 0 Å². The Morgan fingerprint density at radius 2 is 1.59 bits per heavy atom. The molecule has 2 aromatic heterocycles. The number of carbonyl (C=O) groups excluding carboxylic acids is 1. The normalized spacial score (nSPS) is 10.7. The first kappa shape index (κ1) is 19.8. The Morgan fingerprint density at radius 1 is 0.931 bits per heavy atom. The largest absolute Gasteiger partial charge is 0.332 e. The highest BCUT2D eigenvalue weighted by atomic mass is 35.5. The van der Waals surface area contributed by atoms with E-state index in [1.807, 2.05) is 36.6 Å². The number of anilines is 3. The predicted octanol–water partition coefficient (Wildman–Crippen LogP) is 6.88. The van der Waals surface area contributed by atoms with Crippen molar-refractivity contribution in [3.05, 3.63) is 75.2 Å². The van der Waals surface area contributed by atoms with E-state index in [2.05, 4.69) is 20.6 Å². The molecule has 1 amide bonds. The summed E-state index contributed by atoms with van der Waals surface area (Å²) in [6.07, 6.45) is 0. The molecular formula is C20H14Cl2N4OS2. The fraction of sp³-hybridized carbons (Fsp3) is 0.0500. The summed E-state index contributed by atoms with van der Waals surface area (Å²) in [6.45, 7) is 1.90. The van der Waals surface area contributed by atoms with Crippen molar-refractivity contribution in [2.45, 2.75) is 6.92 Å². The van der Waals surface area contributed by atoms with Crippen LogP contribution in [0.25, 0.3) is 10.6 Å². The van der Waals surface area contributed by atoms with E-state index in [0.717, 1.165) is 27.1 Å². The van der Waals surface area contributed by atoms with E-state index in [0.29, 0.717) is 20.7 Å². The zero-order valence-corrected chi connectivity index (χ0v) is 18.2. The maximum Gasteiger partial charge on any atom is 0.257 e. The quantitative estimate of drug-likeness (QED) is 0.340. The highest BCUT2D eigenvalue weighted by Crippen LogP contribution is 2.35. The van der Waals surface area contributed by atoms with Crippen molar-refractivity contribution >= 4 is 67.7 Å². The van der Waals surface area contributed by atoms with Crippen LogP contribution < -0.4 is 10.6 Å². The second-order valence-corrected chi connectivity index (χ2v) is 8.79. The van der Waals surface area contributed by atoms with Crippen LogP contribution in [0.3, 0.4) is 0 Å². The van der Waals surface area contributed by atoms with Gasteiger partial charge < -0.3 is 5.32 Å². The van der Waals surface area contributed by atoms with E-state index >= 15 is 0 Å². The van der Waals surface area contributed by atoms with E-state index in [1.54, 1.807) is 24.3 Å². The molecular weight excluding hydrogens is 447 g/mol. The average molecular weight is 461 g/mol. The number of hydrogen-bond donors (Lipinski definition) is 2. The van der Waals surface area contributed by atoms with E-state index in [1.165, 1.54) is 22.7 Å². The maximum atomic E-state index is 12.4. The minimum Gasteiger partial charge on any atom is -0.332 e. The summed E-state index contributed by atoms with van der Waals surface area (Å²) >= 11 is 14.7. The van der Waals surface area contributed by atoms with Crippen molar-refractivity contribution < 1.29 is 4.79 Å². The van der Waals surface area contributed by atoms with Crippen LogP contribution in [0.2, 0.25) is 10.0 Å². The van der Waals surface area contributed by atoms with Gasteiger partial charge in [-0.15, -0.1) is 11.3 Å². The number of nitrogens with one attached hydrogen (secondary N) is 2. The number of aromatic nitrogens is 2. The monoisotopic (exact) mass is 460 g/mol. The molecule has 146 valence electrons. The Morgan fingerprint density at radius 3 is 2.28 bits per heavy atom. The van der Waals surface area contributed by atoms with Crippen LogP contribution in [0, 0.1) is 6.92 Å². The molecule has 0 bridgehead atoms. The second kappa shape index (κ2) is 8.51. The number of halogens is 2. The average Bonchev–Trinajstić information content (AvgIpc) is 3.30. The molecule has 0 saturated heterocycles. The van der Waals surface area contributed by atoms with Crippen LogP contribution in [0.15, 0.2) is 53.9 Å². The Labute approximate surface area is 185 Å². The third-order valence-corrected chi connectivity index (χ3v) is 6.31. The highest BCUT2D eigenvalue weighted by Gasteiger charge is 2.15. The van der Waals surface area contributed by atoms with Crippen LogP contribution >= 0.6 is 45.9 Å².